The van der Waals surface area contributed by atoms with Gasteiger partial charge in [0.15, 0.2) is 0 Å². The molecule has 0 aromatic heterocycles. The van der Waals surface area contributed by atoms with E-state index in [-0.39, 0.29) is 11.0 Å². The average molecular weight is 227 g/mol. The maximum absolute atomic E-state index is 10.1. The molecule has 0 saturated carbocycles. The first-order valence-corrected chi connectivity index (χ1v) is 5.82. The molecule has 0 atom stereocenters. The molecule has 0 amide bonds. The maximum Gasteiger partial charge on any atom is 0.116 e. The number of nitrogens with zero attached hydrogens (tertiary/aromatic N) is 1. The van der Waals surface area contributed by atoms with Crippen molar-refractivity contribution in [3.8, 4) is 0 Å². The first kappa shape index (κ1) is 13.5. The van der Waals surface area contributed by atoms with Crippen molar-refractivity contribution in [2.24, 2.45) is 5.41 Å². The summed E-state index contributed by atoms with van der Waals surface area (Å²) in [4.78, 5) is 0. The Morgan fingerprint density at radius 3 is 2.06 bits per heavy atom. The molecule has 1 aliphatic rings. The van der Waals surface area contributed by atoms with Gasteiger partial charge in [0, 0.05) is 0 Å². The smallest absolute Gasteiger partial charge is 0.116 e. The van der Waals surface area contributed by atoms with Crippen LogP contribution in [0.25, 0.3) is 0 Å². The average Bonchev–Trinajstić information content (AvgIpc) is 2.22. The maximum atomic E-state index is 10.1. The standard InChI is InChI=1S/C13H25NO2/c1-11(2,3)9-16-10-8-12(4,5)14(15)13(10,6)7/h8,15H,9H2,1-7H3. The Morgan fingerprint density at radius 1 is 1.25 bits per heavy atom. The first-order chi connectivity index (χ1) is 6.97. The molecule has 0 aliphatic carbocycles. The van der Waals surface area contributed by atoms with Gasteiger partial charge in [-0.05, 0) is 39.2 Å². The molecule has 1 rings (SSSR count). The monoisotopic (exact) mass is 227 g/mol. The van der Waals surface area contributed by atoms with Crippen molar-refractivity contribution < 1.29 is 9.94 Å². The summed E-state index contributed by atoms with van der Waals surface area (Å²) in [5, 5.41) is 11.4. The van der Waals surface area contributed by atoms with Gasteiger partial charge in [-0.1, -0.05) is 20.8 Å². The van der Waals surface area contributed by atoms with Crippen molar-refractivity contribution in [1.82, 2.24) is 5.06 Å². The molecule has 1 heterocycles. The van der Waals surface area contributed by atoms with Crippen molar-refractivity contribution in [1.29, 1.82) is 0 Å². The number of rotatable bonds is 2. The van der Waals surface area contributed by atoms with Gasteiger partial charge in [-0.25, -0.2) is 0 Å². The van der Waals surface area contributed by atoms with Crippen LogP contribution in [0.5, 0.6) is 0 Å². The van der Waals surface area contributed by atoms with Gasteiger partial charge in [0.05, 0.1) is 17.7 Å². The Balaban J connectivity index is 2.81. The predicted molar refractivity (Wildman–Crippen MR) is 65.3 cm³/mol. The SMILES string of the molecule is CC(C)(C)COC1=CC(C)(C)N(O)C1(C)C. The minimum Gasteiger partial charge on any atom is -0.496 e. The number of hydroxylamine groups is 2. The van der Waals surface area contributed by atoms with Gasteiger partial charge in [-0.3, -0.25) is 0 Å². The zero-order valence-corrected chi connectivity index (χ0v) is 11.6. The van der Waals surface area contributed by atoms with Crippen LogP contribution in [0.3, 0.4) is 0 Å². The van der Waals surface area contributed by atoms with Crippen molar-refractivity contribution in [3.63, 3.8) is 0 Å². The highest BCUT2D eigenvalue weighted by Crippen LogP contribution is 2.39. The van der Waals surface area contributed by atoms with E-state index in [0.717, 1.165) is 5.76 Å². The van der Waals surface area contributed by atoms with Crippen LogP contribution in [0.2, 0.25) is 0 Å². The molecule has 0 spiro atoms. The molecule has 0 radical (unpaired) electrons. The summed E-state index contributed by atoms with van der Waals surface area (Å²) in [5.74, 6) is 0.856. The summed E-state index contributed by atoms with van der Waals surface area (Å²) in [6.07, 6.45) is 2.00. The Bertz CT molecular complexity index is 298. The second-order valence-electron chi connectivity index (χ2n) is 6.88. The fraction of sp³-hybridized carbons (Fsp3) is 0.846. The minimum atomic E-state index is -0.450. The van der Waals surface area contributed by atoms with E-state index in [1.165, 1.54) is 5.06 Å². The summed E-state index contributed by atoms with van der Waals surface area (Å²) in [6.45, 7) is 15.0. The molecule has 0 saturated heterocycles. The molecule has 1 aliphatic heterocycles. The van der Waals surface area contributed by atoms with E-state index in [0.29, 0.717) is 6.61 Å². The van der Waals surface area contributed by atoms with Crippen LogP contribution in [0.4, 0.5) is 0 Å². The molecule has 1 N–H and O–H groups in total. The lowest BCUT2D eigenvalue weighted by Gasteiger charge is -2.35. The van der Waals surface area contributed by atoms with Crippen LogP contribution >= 0.6 is 0 Å². The minimum absolute atomic E-state index is 0.129. The molecule has 0 fully saturated rings. The van der Waals surface area contributed by atoms with Crippen LogP contribution in [-0.2, 0) is 4.74 Å². The van der Waals surface area contributed by atoms with Crippen LogP contribution < -0.4 is 0 Å². The van der Waals surface area contributed by atoms with Crippen molar-refractivity contribution in [2.75, 3.05) is 6.61 Å². The Labute approximate surface area is 99.0 Å². The van der Waals surface area contributed by atoms with Gasteiger partial charge in [0.2, 0.25) is 0 Å². The molecule has 3 heteroatoms. The highest BCUT2D eigenvalue weighted by molar-refractivity contribution is 5.25. The van der Waals surface area contributed by atoms with E-state index in [2.05, 4.69) is 20.8 Å². The van der Waals surface area contributed by atoms with Gasteiger partial charge in [-0.15, -0.1) is 0 Å². The molecule has 16 heavy (non-hydrogen) atoms. The molecule has 0 bridgehead atoms. The van der Waals surface area contributed by atoms with E-state index < -0.39 is 5.54 Å². The van der Waals surface area contributed by atoms with Gasteiger partial charge in [-0.2, -0.15) is 5.06 Å². The summed E-state index contributed by atoms with van der Waals surface area (Å²) >= 11 is 0. The highest BCUT2D eigenvalue weighted by atomic mass is 16.5. The van der Waals surface area contributed by atoms with E-state index in [9.17, 15) is 5.21 Å². The van der Waals surface area contributed by atoms with Crippen LogP contribution in [0.15, 0.2) is 11.8 Å². The van der Waals surface area contributed by atoms with Gasteiger partial charge >= 0.3 is 0 Å². The quantitative estimate of drug-likeness (QED) is 0.786. The molecular formula is C13H25NO2. The van der Waals surface area contributed by atoms with E-state index >= 15 is 0 Å². The fourth-order valence-electron chi connectivity index (χ4n) is 1.90. The largest absolute Gasteiger partial charge is 0.496 e. The number of hydrogen-bond donors (Lipinski definition) is 1. The van der Waals surface area contributed by atoms with Crippen LogP contribution in [-0.4, -0.2) is 28.0 Å². The molecule has 0 aromatic rings. The Hall–Kier alpha value is -0.540. The topological polar surface area (TPSA) is 32.7 Å². The first-order valence-electron chi connectivity index (χ1n) is 5.82. The third-order valence-electron chi connectivity index (χ3n) is 2.82. The zero-order chi connectivity index (χ0) is 12.8. The number of hydrogen-bond acceptors (Lipinski definition) is 3. The summed E-state index contributed by atoms with van der Waals surface area (Å²) in [7, 11) is 0. The second-order valence-corrected chi connectivity index (χ2v) is 6.88. The molecule has 94 valence electrons. The molecule has 3 nitrogen and oxygen atoms in total. The van der Waals surface area contributed by atoms with Gasteiger partial charge in [0.25, 0.3) is 0 Å². The van der Waals surface area contributed by atoms with Crippen LogP contribution in [0.1, 0.15) is 48.5 Å². The molecule has 0 unspecified atom stereocenters. The summed E-state index contributed by atoms with van der Waals surface area (Å²) < 4.78 is 5.85. The normalized spacial score (nSPS) is 24.4. The summed E-state index contributed by atoms with van der Waals surface area (Å²) in [5.41, 5.74) is -0.685. The van der Waals surface area contributed by atoms with Gasteiger partial charge in [0.1, 0.15) is 5.76 Å². The van der Waals surface area contributed by atoms with E-state index in [4.69, 9.17) is 4.74 Å². The van der Waals surface area contributed by atoms with Crippen molar-refractivity contribution >= 4 is 0 Å². The fourth-order valence-corrected chi connectivity index (χ4v) is 1.90. The van der Waals surface area contributed by atoms with Gasteiger partial charge < -0.3 is 9.94 Å². The van der Waals surface area contributed by atoms with E-state index in [1.807, 2.05) is 33.8 Å². The zero-order valence-electron chi connectivity index (χ0n) is 11.6. The third kappa shape index (κ3) is 2.58. The molecular weight excluding hydrogens is 202 g/mol. The lowest BCUT2D eigenvalue weighted by atomic mass is 9.98. The Kier molecular flexibility index (Phi) is 3.16. The van der Waals surface area contributed by atoms with E-state index in [1.54, 1.807) is 0 Å². The summed E-state index contributed by atoms with van der Waals surface area (Å²) in [6, 6.07) is 0. The number of ether oxygens (including phenoxy) is 1. The lowest BCUT2D eigenvalue weighted by Crippen LogP contribution is -2.48. The highest BCUT2D eigenvalue weighted by Gasteiger charge is 2.46. The van der Waals surface area contributed by atoms with Crippen LogP contribution in [0, 0.1) is 5.41 Å². The lowest BCUT2D eigenvalue weighted by molar-refractivity contribution is -0.192. The second kappa shape index (κ2) is 3.74. The van der Waals surface area contributed by atoms with Crippen molar-refractivity contribution in [2.45, 2.75) is 59.5 Å². The Morgan fingerprint density at radius 2 is 1.75 bits per heavy atom. The predicted octanol–water partition coefficient (Wildman–Crippen LogP) is 3.20. The van der Waals surface area contributed by atoms with Crippen molar-refractivity contribution in [3.05, 3.63) is 11.8 Å². The third-order valence-corrected chi connectivity index (χ3v) is 2.82. The molecule has 0 aromatic carbocycles.